The summed E-state index contributed by atoms with van der Waals surface area (Å²) in [6, 6.07) is 7.15. The lowest BCUT2D eigenvalue weighted by atomic mass is 10.0. The van der Waals surface area contributed by atoms with Crippen LogP contribution in [-0.2, 0) is 14.3 Å². The second kappa shape index (κ2) is 8.32. The Morgan fingerprint density at radius 1 is 1.13 bits per heavy atom. The Morgan fingerprint density at radius 3 is 2.40 bits per heavy atom. The smallest absolute Gasteiger partial charge is 0.340 e. The molecule has 0 radical (unpaired) electrons. The molecule has 158 valence electrons. The van der Waals surface area contributed by atoms with E-state index in [0.29, 0.717) is 26.9 Å². The summed E-state index contributed by atoms with van der Waals surface area (Å²) >= 11 is 12.6. The number of aryl methyl sites for hydroxylation is 1. The normalized spacial score (nSPS) is 15.7. The second-order valence-corrected chi connectivity index (χ2v) is 8.38. The van der Waals surface area contributed by atoms with Crippen molar-refractivity contribution in [1.82, 2.24) is 9.47 Å². The van der Waals surface area contributed by atoms with E-state index in [1.807, 2.05) is 38.3 Å². The van der Waals surface area contributed by atoms with Crippen LogP contribution < -0.4 is 0 Å². The summed E-state index contributed by atoms with van der Waals surface area (Å²) in [5.41, 5.74) is 4.58. The summed E-state index contributed by atoms with van der Waals surface area (Å²) in [5, 5.41) is 1.14. The van der Waals surface area contributed by atoms with Gasteiger partial charge < -0.3 is 14.2 Å². The number of rotatable bonds is 4. The van der Waals surface area contributed by atoms with Crippen molar-refractivity contribution < 1.29 is 14.3 Å². The van der Waals surface area contributed by atoms with E-state index in [1.165, 1.54) is 7.11 Å². The number of nitrogens with zero attached hydrogens (tertiary/aromatic N) is 2. The minimum Gasteiger partial charge on any atom is -0.465 e. The van der Waals surface area contributed by atoms with Crippen LogP contribution in [0.1, 0.15) is 37.7 Å². The third-order valence-electron chi connectivity index (χ3n) is 5.27. The third-order valence-corrected chi connectivity index (χ3v) is 5.82. The van der Waals surface area contributed by atoms with E-state index in [0.717, 1.165) is 22.6 Å². The first-order valence-electron chi connectivity index (χ1n) is 9.57. The van der Waals surface area contributed by atoms with Gasteiger partial charge in [0.2, 0.25) is 0 Å². The fraction of sp³-hybridized carbons (Fsp3) is 0.304. The van der Waals surface area contributed by atoms with E-state index in [4.69, 9.17) is 27.9 Å². The number of methoxy groups -OCH3 is 1. The number of halogens is 2. The Hall–Kier alpha value is -2.50. The Labute approximate surface area is 186 Å². The van der Waals surface area contributed by atoms with E-state index in [1.54, 1.807) is 36.1 Å². The van der Waals surface area contributed by atoms with Crippen molar-refractivity contribution in [1.29, 1.82) is 0 Å². The molecule has 1 aromatic carbocycles. The lowest BCUT2D eigenvalue weighted by Gasteiger charge is -2.22. The van der Waals surface area contributed by atoms with Gasteiger partial charge in [-0.15, -0.1) is 0 Å². The number of allylic oxidation sites excluding steroid dienone is 1. The quantitative estimate of drug-likeness (QED) is 0.461. The molecule has 0 spiro atoms. The zero-order valence-corrected chi connectivity index (χ0v) is 19.4. The molecule has 5 nitrogen and oxygen atoms in total. The average Bonchev–Trinajstić information content (AvgIpc) is 3.09. The summed E-state index contributed by atoms with van der Waals surface area (Å²) in [5.74, 6) is -0.740. The first kappa shape index (κ1) is 22.2. The Kier molecular flexibility index (Phi) is 6.16. The Morgan fingerprint density at radius 2 is 1.80 bits per heavy atom. The van der Waals surface area contributed by atoms with Gasteiger partial charge in [0, 0.05) is 28.1 Å². The van der Waals surface area contributed by atoms with Gasteiger partial charge in [-0.1, -0.05) is 23.2 Å². The number of carbonyl (C=O) groups is 2. The second-order valence-electron chi connectivity index (χ2n) is 7.54. The maximum atomic E-state index is 13.1. The van der Waals surface area contributed by atoms with Crippen molar-refractivity contribution in [3.05, 3.63) is 68.1 Å². The van der Waals surface area contributed by atoms with Gasteiger partial charge in [-0.3, -0.25) is 4.79 Å². The largest absolute Gasteiger partial charge is 0.465 e. The molecule has 0 aliphatic carbocycles. The van der Waals surface area contributed by atoms with Crippen LogP contribution in [0.5, 0.6) is 0 Å². The maximum Gasteiger partial charge on any atom is 0.340 e. The minimum atomic E-state index is -0.526. The van der Waals surface area contributed by atoms with Crippen LogP contribution in [-0.4, -0.2) is 34.5 Å². The van der Waals surface area contributed by atoms with Crippen molar-refractivity contribution in [2.24, 2.45) is 0 Å². The Balaban J connectivity index is 2.19. The molecule has 0 saturated heterocycles. The summed E-state index contributed by atoms with van der Waals surface area (Å²) in [6.07, 6.45) is 1.75. The lowest BCUT2D eigenvalue weighted by molar-refractivity contribution is -0.136. The van der Waals surface area contributed by atoms with E-state index in [-0.39, 0.29) is 11.9 Å². The van der Waals surface area contributed by atoms with E-state index >= 15 is 0 Å². The molecule has 1 amide bonds. The number of hydrogen-bond donors (Lipinski definition) is 0. The van der Waals surface area contributed by atoms with Crippen molar-refractivity contribution in [2.45, 2.75) is 40.7 Å². The lowest BCUT2D eigenvalue weighted by Crippen LogP contribution is -2.31. The topological polar surface area (TPSA) is 51.5 Å². The van der Waals surface area contributed by atoms with Gasteiger partial charge >= 0.3 is 5.97 Å². The van der Waals surface area contributed by atoms with Crippen LogP contribution in [0.4, 0.5) is 0 Å². The van der Waals surface area contributed by atoms with Crippen LogP contribution in [0.15, 0.2) is 41.1 Å². The van der Waals surface area contributed by atoms with Gasteiger partial charge in [0.05, 0.1) is 29.0 Å². The summed E-state index contributed by atoms with van der Waals surface area (Å²) in [6.45, 7) is 9.47. The first-order valence-corrected chi connectivity index (χ1v) is 10.3. The zero-order valence-electron chi connectivity index (χ0n) is 17.8. The predicted molar refractivity (Wildman–Crippen MR) is 120 cm³/mol. The van der Waals surface area contributed by atoms with Crippen molar-refractivity contribution in [3.63, 3.8) is 0 Å². The molecular weight excluding hydrogens is 423 g/mol. The highest BCUT2D eigenvalue weighted by Gasteiger charge is 2.38. The van der Waals surface area contributed by atoms with Gasteiger partial charge in [0.25, 0.3) is 5.91 Å². The van der Waals surface area contributed by atoms with Gasteiger partial charge in [-0.2, -0.15) is 0 Å². The van der Waals surface area contributed by atoms with Gasteiger partial charge in [-0.25, -0.2) is 4.79 Å². The average molecular weight is 447 g/mol. The highest BCUT2D eigenvalue weighted by molar-refractivity contribution is 6.34. The van der Waals surface area contributed by atoms with Crippen LogP contribution in [0, 0.1) is 13.8 Å². The number of carbonyl (C=O) groups excluding carboxylic acids is 2. The highest BCUT2D eigenvalue weighted by Crippen LogP contribution is 2.35. The fourth-order valence-electron chi connectivity index (χ4n) is 3.94. The molecule has 1 aliphatic rings. The molecule has 1 aliphatic heterocycles. The molecule has 1 aromatic heterocycles. The van der Waals surface area contributed by atoms with Crippen molar-refractivity contribution in [3.8, 4) is 5.69 Å². The molecular formula is C23H24Cl2N2O3. The predicted octanol–water partition coefficient (Wildman–Crippen LogP) is 5.48. The van der Waals surface area contributed by atoms with Gasteiger partial charge in [-0.05, 0) is 70.5 Å². The highest BCUT2D eigenvalue weighted by atomic mass is 35.5. The number of ether oxygens (including phenoxy) is 1. The zero-order chi connectivity index (χ0) is 22.3. The number of esters is 1. The molecule has 2 aromatic rings. The molecule has 0 atom stereocenters. The molecule has 0 N–H and O–H groups in total. The SMILES string of the molecule is COC(=O)C1=C(C)N(C(C)C)C(=O)/C1=C\c1cc(C)n(-c2cc(Cl)ccc2Cl)c1C. The fourth-order valence-corrected chi connectivity index (χ4v) is 4.31. The van der Waals surface area contributed by atoms with E-state index in [2.05, 4.69) is 0 Å². The van der Waals surface area contributed by atoms with E-state index in [9.17, 15) is 9.59 Å². The van der Waals surface area contributed by atoms with Crippen LogP contribution in [0.3, 0.4) is 0 Å². The van der Waals surface area contributed by atoms with Gasteiger partial charge in [0.1, 0.15) is 0 Å². The summed E-state index contributed by atoms with van der Waals surface area (Å²) in [7, 11) is 1.32. The van der Waals surface area contributed by atoms with Crippen molar-refractivity contribution >= 4 is 41.2 Å². The summed E-state index contributed by atoms with van der Waals surface area (Å²) < 4.78 is 6.93. The molecule has 0 fully saturated rings. The maximum absolute atomic E-state index is 13.1. The molecule has 0 saturated carbocycles. The van der Waals surface area contributed by atoms with E-state index < -0.39 is 5.97 Å². The van der Waals surface area contributed by atoms with Crippen LogP contribution in [0.2, 0.25) is 10.0 Å². The number of benzene rings is 1. The van der Waals surface area contributed by atoms with Crippen molar-refractivity contribution in [2.75, 3.05) is 7.11 Å². The molecule has 2 heterocycles. The first-order chi connectivity index (χ1) is 14.1. The standard InChI is InChI=1S/C23H24Cl2N2O3/c1-12(2)26-15(5)21(23(29)30-6)18(22(26)28)10-16-9-13(3)27(14(16)4)20-11-17(24)7-8-19(20)25/h7-12H,1-6H3/b18-10-. The van der Waals surface area contributed by atoms with Crippen LogP contribution in [0.25, 0.3) is 11.8 Å². The number of amides is 1. The minimum absolute atomic E-state index is 0.0826. The Bertz CT molecular complexity index is 1110. The van der Waals surface area contributed by atoms with Crippen LogP contribution >= 0.6 is 23.2 Å². The molecule has 3 rings (SSSR count). The molecule has 30 heavy (non-hydrogen) atoms. The monoisotopic (exact) mass is 446 g/mol. The van der Waals surface area contributed by atoms with Gasteiger partial charge in [0.15, 0.2) is 0 Å². The third kappa shape index (κ3) is 3.68. The molecule has 0 unspecified atom stereocenters. The summed E-state index contributed by atoms with van der Waals surface area (Å²) in [4.78, 5) is 27.2. The number of hydrogen-bond acceptors (Lipinski definition) is 3. The molecule has 0 bridgehead atoms. The number of aromatic nitrogens is 1. The molecule has 7 heteroatoms.